The van der Waals surface area contributed by atoms with Crippen molar-refractivity contribution in [1.29, 1.82) is 0 Å². The molecule has 0 radical (unpaired) electrons. The molecule has 3 aromatic rings. The van der Waals surface area contributed by atoms with Crippen LogP contribution < -0.4 is 0 Å². The molecule has 28 heavy (non-hydrogen) atoms. The van der Waals surface area contributed by atoms with Gasteiger partial charge in [0.25, 0.3) is 5.91 Å². The van der Waals surface area contributed by atoms with E-state index < -0.39 is 5.97 Å². The highest BCUT2D eigenvalue weighted by Gasteiger charge is 2.18. The number of amides is 1. The van der Waals surface area contributed by atoms with Crippen LogP contribution in [0.1, 0.15) is 21.6 Å². The average Bonchev–Trinajstić information content (AvgIpc) is 3.18. The fourth-order valence-electron chi connectivity index (χ4n) is 2.70. The van der Waals surface area contributed by atoms with Gasteiger partial charge in [-0.25, -0.2) is 14.2 Å². The summed E-state index contributed by atoms with van der Waals surface area (Å²) in [5.74, 6) is -1.38. The van der Waals surface area contributed by atoms with Gasteiger partial charge in [-0.1, -0.05) is 24.3 Å². The van der Waals surface area contributed by atoms with Gasteiger partial charge in [-0.3, -0.25) is 9.36 Å². The zero-order valence-electron chi connectivity index (χ0n) is 15.6. The van der Waals surface area contributed by atoms with Crippen LogP contribution in [0.2, 0.25) is 0 Å². The summed E-state index contributed by atoms with van der Waals surface area (Å²) in [5, 5.41) is 0. The van der Waals surface area contributed by atoms with E-state index in [9.17, 15) is 14.0 Å². The Balaban J connectivity index is 1.61. The van der Waals surface area contributed by atoms with E-state index in [4.69, 9.17) is 4.74 Å². The Labute approximate surface area is 162 Å². The van der Waals surface area contributed by atoms with Crippen molar-refractivity contribution >= 4 is 11.9 Å². The van der Waals surface area contributed by atoms with Crippen LogP contribution in [0.25, 0.3) is 5.69 Å². The number of carbonyl (C=O) groups excluding carboxylic acids is 2. The zero-order chi connectivity index (χ0) is 20.1. The van der Waals surface area contributed by atoms with Crippen molar-refractivity contribution in [3.8, 4) is 5.69 Å². The van der Waals surface area contributed by atoms with Crippen LogP contribution in [0.4, 0.5) is 4.39 Å². The number of rotatable bonds is 6. The van der Waals surface area contributed by atoms with Gasteiger partial charge in [-0.15, -0.1) is 0 Å². The van der Waals surface area contributed by atoms with E-state index in [1.165, 1.54) is 46.3 Å². The lowest BCUT2D eigenvalue weighted by Gasteiger charge is -2.18. The largest absolute Gasteiger partial charge is 0.451 e. The van der Waals surface area contributed by atoms with Gasteiger partial charge in [-0.05, 0) is 42.3 Å². The van der Waals surface area contributed by atoms with Crippen LogP contribution in [-0.2, 0) is 16.1 Å². The Bertz CT molecular complexity index is 983. The molecule has 6 nitrogen and oxygen atoms in total. The van der Waals surface area contributed by atoms with Crippen molar-refractivity contribution in [1.82, 2.24) is 14.5 Å². The second-order valence-corrected chi connectivity index (χ2v) is 6.38. The number of aromatic nitrogens is 2. The number of halogens is 1. The van der Waals surface area contributed by atoms with E-state index >= 15 is 0 Å². The summed E-state index contributed by atoms with van der Waals surface area (Å²) < 4.78 is 19.7. The number of aryl methyl sites for hydroxylation is 1. The Morgan fingerprint density at radius 3 is 2.57 bits per heavy atom. The summed E-state index contributed by atoms with van der Waals surface area (Å²) in [5.41, 5.74) is 2.83. The van der Waals surface area contributed by atoms with Crippen LogP contribution in [0.15, 0.2) is 61.1 Å². The second kappa shape index (κ2) is 8.47. The fourth-order valence-corrected chi connectivity index (χ4v) is 2.70. The smallest absolute Gasteiger partial charge is 0.357 e. The van der Waals surface area contributed by atoms with Crippen molar-refractivity contribution in [2.45, 2.75) is 13.5 Å². The predicted octanol–water partition coefficient (Wildman–Crippen LogP) is 3.14. The van der Waals surface area contributed by atoms with E-state index in [2.05, 4.69) is 4.98 Å². The molecule has 0 atom stereocenters. The molecule has 0 N–H and O–H groups in total. The molecule has 1 aromatic heterocycles. The van der Waals surface area contributed by atoms with E-state index in [1.807, 2.05) is 31.2 Å². The van der Waals surface area contributed by atoms with Gasteiger partial charge in [0.1, 0.15) is 5.82 Å². The molecule has 1 amide bonds. The first-order chi connectivity index (χ1) is 13.5. The Morgan fingerprint density at radius 1 is 1.14 bits per heavy atom. The van der Waals surface area contributed by atoms with Gasteiger partial charge in [0.05, 0.1) is 12.5 Å². The Hall–Kier alpha value is -3.48. The van der Waals surface area contributed by atoms with E-state index in [1.54, 1.807) is 7.05 Å². The first kappa shape index (κ1) is 19.3. The maximum atomic E-state index is 13.1. The maximum Gasteiger partial charge on any atom is 0.357 e. The molecule has 144 valence electrons. The molecule has 7 heteroatoms. The predicted molar refractivity (Wildman–Crippen MR) is 101 cm³/mol. The molecule has 0 aliphatic carbocycles. The van der Waals surface area contributed by atoms with Crippen molar-refractivity contribution in [2.24, 2.45) is 0 Å². The summed E-state index contributed by atoms with van der Waals surface area (Å²) in [6.07, 6.45) is 2.77. The zero-order valence-corrected chi connectivity index (χ0v) is 15.6. The van der Waals surface area contributed by atoms with Crippen molar-refractivity contribution < 1.29 is 18.7 Å². The van der Waals surface area contributed by atoms with Crippen LogP contribution in [0.3, 0.4) is 0 Å². The molecule has 0 spiro atoms. The molecule has 0 unspecified atom stereocenters. The van der Waals surface area contributed by atoms with Crippen molar-refractivity contribution in [2.75, 3.05) is 13.7 Å². The molecular weight excluding hydrogens is 361 g/mol. The minimum absolute atomic E-state index is 0.154. The van der Waals surface area contributed by atoms with Crippen LogP contribution in [0, 0.1) is 12.7 Å². The van der Waals surface area contributed by atoms with Crippen LogP contribution in [0.5, 0.6) is 0 Å². The summed E-state index contributed by atoms with van der Waals surface area (Å²) >= 11 is 0. The van der Waals surface area contributed by atoms with E-state index in [0.717, 1.165) is 11.1 Å². The summed E-state index contributed by atoms with van der Waals surface area (Å²) in [7, 11) is 1.66. The summed E-state index contributed by atoms with van der Waals surface area (Å²) in [6.45, 7) is 2.02. The monoisotopic (exact) mass is 381 g/mol. The quantitative estimate of drug-likeness (QED) is 0.616. The number of likely N-dealkylation sites (N-methyl/N-ethyl adjacent to an activating group) is 1. The lowest BCUT2D eigenvalue weighted by Crippen LogP contribution is -2.31. The normalized spacial score (nSPS) is 10.5. The van der Waals surface area contributed by atoms with E-state index in [-0.39, 0.29) is 24.0 Å². The first-order valence-corrected chi connectivity index (χ1v) is 8.69. The number of esters is 1. The number of benzene rings is 2. The van der Waals surface area contributed by atoms with Gasteiger partial charge >= 0.3 is 5.97 Å². The molecule has 1 heterocycles. The van der Waals surface area contributed by atoms with Crippen LogP contribution in [-0.4, -0.2) is 40.0 Å². The third-order valence-electron chi connectivity index (χ3n) is 4.37. The molecule has 0 saturated heterocycles. The molecular formula is C21H20FN3O3. The minimum Gasteiger partial charge on any atom is -0.451 e. The number of ether oxygens (including phenoxy) is 1. The van der Waals surface area contributed by atoms with Crippen molar-refractivity contribution in [3.05, 3.63) is 83.7 Å². The highest BCUT2D eigenvalue weighted by Crippen LogP contribution is 2.14. The highest BCUT2D eigenvalue weighted by atomic mass is 19.1. The topological polar surface area (TPSA) is 64.4 Å². The molecule has 0 fully saturated rings. The minimum atomic E-state index is -0.681. The molecule has 0 aliphatic heterocycles. The van der Waals surface area contributed by atoms with Gasteiger partial charge < -0.3 is 9.64 Å². The standard InChI is InChI=1S/C21H20FN3O3/c1-15-5-3-4-6-16(15)12-24(2)20(26)13-28-21(27)19-11-23-14-25(19)18-9-7-17(22)8-10-18/h3-11,14H,12-13H2,1-2H3. The summed E-state index contributed by atoms with van der Waals surface area (Å²) in [4.78, 5) is 30.1. The van der Waals surface area contributed by atoms with Gasteiger partial charge in [-0.2, -0.15) is 0 Å². The first-order valence-electron chi connectivity index (χ1n) is 8.69. The number of nitrogens with zero attached hydrogens (tertiary/aromatic N) is 3. The Kier molecular flexibility index (Phi) is 5.84. The van der Waals surface area contributed by atoms with E-state index in [0.29, 0.717) is 12.2 Å². The maximum absolute atomic E-state index is 13.1. The molecule has 3 rings (SSSR count). The molecule has 2 aromatic carbocycles. The highest BCUT2D eigenvalue weighted by molar-refractivity contribution is 5.90. The fraction of sp³-hybridized carbons (Fsp3) is 0.190. The van der Waals surface area contributed by atoms with Gasteiger partial charge in [0.2, 0.25) is 0 Å². The summed E-state index contributed by atoms with van der Waals surface area (Å²) in [6, 6.07) is 13.4. The number of imidazole rings is 1. The molecule has 0 saturated carbocycles. The lowest BCUT2D eigenvalue weighted by molar-refractivity contribution is -0.133. The average molecular weight is 381 g/mol. The van der Waals surface area contributed by atoms with Gasteiger partial charge in [0, 0.05) is 19.3 Å². The third-order valence-corrected chi connectivity index (χ3v) is 4.37. The Morgan fingerprint density at radius 2 is 1.86 bits per heavy atom. The second-order valence-electron chi connectivity index (χ2n) is 6.38. The SMILES string of the molecule is Cc1ccccc1CN(C)C(=O)COC(=O)c1cncn1-c1ccc(F)cc1. The van der Waals surface area contributed by atoms with Crippen molar-refractivity contribution in [3.63, 3.8) is 0 Å². The van der Waals surface area contributed by atoms with Gasteiger partial charge in [0.15, 0.2) is 12.3 Å². The number of hydrogen-bond acceptors (Lipinski definition) is 4. The third kappa shape index (κ3) is 4.43. The van der Waals surface area contributed by atoms with Crippen LogP contribution >= 0.6 is 0 Å². The molecule has 0 aliphatic rings. The number of carbonyl (C=O) groups is 2. The molecule has 0 bridgehead atoms. The number of hydrogen-bond donors (Lipinski definition) is 0. The lowest BCUT2D eigenvalue weighted by atomic mass is 10.1.